The highest BCUT2D eigenvalue weighted by atomic mass is 35.5. The second-order valence-electron chi connectivity index (χ2n) is 5.93. The topological polar surface area (TPSA) is 129 Å². The van der Waals surface area contributed by atoms with E-state index in [9.17, 15) is 24.5 Å². The summed E-state index contributed by atoms with van der Waals surface area (Å²) in [6.45, 7) is 1.31. The zero-order chi connectivity index (χ0) is 21.1. The van der Waals surface area contributed by atoms with Crippen molar-refractivity contribution < 1.29 is 23.7 Å². The molecule has 1 amide bonds. The van der Waals surface area contributed by atoms with Crippen LogP contribution in [0.4, 0.5) is 11.4 Å². The largest absolute Gasteiger partial charge is 0.449 e. The number of para-hydroxylation sites is 1. The minimum Gasteiger partial charge on any atom is -0.449 e. The number of fused-ring (bicyclic) bond motifs is 1. The van der Waals surface area contributed by atoms with Gasteiger partial charge in [0.05, 0.1) is 21.0 Å². The molecule has 1 N–H and O–H groups in total. The van der Waals surface area contributed by atoms with Crippen molar-refractivity contribution in [3.05, 3.63) is 79.7 Å². The fraction of sp³-hybridized carbons (Fsp3) is 0.105. The van der Waals surface area contributed by atoms with Crippen LogP contribution in [0.1, 0.15) is 17.5 Å². The fourth-order valence-electron chi connectivity index (χ4n) is 2.43. The van der Waals surface area contributed by atoms with Gasteiger partial charge in [-0.1, -0.05) is 23.7 Å². The molecule has 0 spiro atoms. The number of rotatable bonds is 5. The van der Waals surface area contributed by atoms with E-state index in [4.69, 9.17) is 20.8 Å². The second kappa shape index (κ2) is 8.11. The summed E-state index contributed by atoms with van der Waals surface area (Å²) < 4.78 is 10.4. The average Bonchev–Trinajstić information content (AvgIpc) is 2.69. The molecular weight excluding hydrogens is 404 g/mol. The van der Waals surface area contributed by atoms with Gasteiger partial charge in [-0.3, -0.25) is 19.7 Å². The minimum atomic E-state index is -1.26. The molecule has 3 rings (SSSR count). The van der Waals surface area contributed by atoms with Gasteiger partial charge in [0.2, 0.25) is 5.76 Å². The standard InChI is InChI=1S/C19H13ClN2O7/c1-10(18(24)21-14-7-6-11(22(26)27)8-13(14)20)28-19(25)17-9-15(23)12-4-2-3-5-16(12)29-17/h2-10H,1H3,(H,21,24). The highest BCUT2D eigenvalue weighted by molar-refractivity contribution is 6.34. The maximum Gasteiger partial charge on any atom is 0.375 e. The molecule has 9 nitrogen and oxygen atoms in total. The molecule has 10 heteroatoms. The molecule has 1 unspecified atom stereocenters. The number of nitro benzene ring substituents is 1. The Morgan fingerprint density at radius 1 is 1.21 bits per heavy atom. The maximum atomic E-state index is 12.3. The first-order chi connectivity index (χ1) is 13.8. The number of hydrogen-bond donors (Lipinski definition) is 1. The van der Waals surface area contributed by atoms with Crippen LogP contribution < -0.4 is 10.7 Å². The average molecular weight is 417 g/mol. The predicted octanol–water partition coefficient (Wildman–Crippen LogP) is 3.54. The molecule has 0 bridgehead atoms. The molecule has 0 saturated carbocycles. The van der Waals surface area contributed by atoms with E-state index in [-0.39, 0.29) is 27.7 Å². The summed E-state index contributed by atoms with van der Waals surface area (Å²) in [5, 5.41) is 13.4. The number of nitrogens with one attached hydrogen (secondary N) is 1. The van der Waals surface area contributed by atoms with Crippen LogP contribution in [0.3, 0.4) is 0 Å². The van der Waals surface area contributed by atoms with Gasteiger partial charge < -0.3 is 14.5 Å². The Bertz CT molecular complexity index is 1190. The van der Waals surface area contributed by atoms with Crippen LogP contribution in [0.25, 0.3) is 11.0 Å². The smallest absolute Gasteiger partial charge is 0.375 e. The third-order valence-corrected chi connectivity index (χ3v) is 4.22. The number of anilines is 1. The molecule has 1 heterocycles. The van der Waals surface area contributed by atoms with Crippen molar-refractivity contribution in [1.29, 1.82) is 0 Å². The van der Waals surface area contributed by atoms with Crippen LogP contribution in [0.5, 0.6) is 0 Å². The zero-order valence-corrected chi connectivity index (χ0v) is 15.6. The van der Waals surface area contributed by atoms with Crippen molar-refractivity contribution in [3.63, 3.8) is 0 Å². The lowest BCUT2D eigenvalue weighted by atomic mass is 10.2. The van der Waals surface area contributed by atoms with Crippen molar-refractivity contribution in [2.45, 2.75) is 13.0 Å². The maximum absolute atomic E-state index is 12.3. The molecule has 1 aromatic heterocycles. The Morgan fingerprint density at radius 3 is 2.62 bits per heavy atom. The molecule has 2 aromatic carbocycles. The highest BCUT2D eigenvalue weighted by Crippen LogP contribution is 2.26. The molecule has 0 saturated heterocycles. The van der Waals surface area contributed by atoms with Gasteiger partial charge in [0.25, 0.3) is 11.6 Å². The van der Waals surface area contributed by atoms with E-state index in [1.807, 2.05) is 0 Å². The molecule has 148 valence electrons. The number of hydrogen-bond acceptors (Lipinski definition) is 7. The number of benzene rings is 2. The lowest BCUT2D eigenvalue weighted by Crippen LogP contribution is -2.30. The second-order valence-corrected chi connectivity index (χ2v) is 6.34. The van der Waals surface area contributed by atoms with Gasteiger partial charge in [-0.15, -0.1) is 0 Å². The van der Waals surface area contributed by atoms with E-state index in [1.54, 1.807) is 18.2 Å². The lowest BCUT2D eigenvalue weighted by Gasteiger charge is -2.14. The third kappa shape index (κ3) is 4.41. The summed E-state index contributed by atoms with van der Waals surface area (Å²) in [5.41, 5.74) is -0.337. The molecule has 29 heavy (non-hydrogen) atoms. The number of carbonyl (C=O) groups excluding carboxylic acids is 2. The Kier molecular flexibility index (Phi) is 5.60. The van der Waals surface area contributed by atoms with Crippen LogP contribution >= 0.6 is 11.6 Å². The number of amides is 1. The summed E-state index contributed by atoms with van der Waals surface area (Å²) in [7, 11) is 0. The third-order valence-electron chi connectivity index (χ3n) is 3.91. The SMILES string of the molecule is CC(OC(=O)c1cc(=O)c2ccccc2o1)C(=O)Nc1ccc([N+](=O)[O-])cc1Cl. The van der Waals surface area contributed by atoms with E-state index in [0.29, 0.717) is 5.39 Å². The van der Waals surface area contributed by atoms with Gasteiger partial charge in [-0.2, -0.15) is 0 Å². The number of halogens is 1. The van der Waals surface area contributed by atoms with E-state index in [0.717, 1.165) is 12.1 Å². The first kappa shape index (κ1) is 20.0. The van der Waals surface area contributed by atoms with Crippen molar-refractivity contribution in [3.8, 4) is 0 Å². The van der Waals surface area contributed by atoms with E-state index in [2.05, 4.69) is 5.32 Å². The summed E-state index contributed by atoms with van der Waals surface area (Å²) in [4.78, 5) is 46.7. The van der Waals surface area contributed by atoms with Gasteiger partial charge in [0.1, 0.15) is 5.58 Å². The molecule has 0 aliphatic heterocycles. The van der Waals surface area contributed by atoms with Crippen molar-refractivity contribution in [2.24, 2.45) is 0 Å². The first-order valence-electron chi connectivity index (χ1n) is 8.25. The molecule has 0 aliphatic carbocycles. The Balaban J connectivity index is 1.72. The Morgan fingerprint density at radius 2 is 1.93 bits per heavy atom. The summed E-state index contributed by atoms with van der Waals surface area (Å²) >= 11 is 5.92. The number of esters is 1. The zero-order valence-electron chi connectivity index (χ0n) is 14.9. The summed E-state index contributed by atoms with van der Waals surface area (Å²) in [5.74, 6) is -2.07. The van der Waals surface area contributed by atoms with Crippen LogP contribution in [0.15, 0.2) is 57.7 Å². The monoisotopic (exact) mass is 416 g/mol. The molecule has 0 radical (unpaired) electrons. The minimum absolute atomic E-state index is 0.0494. The number of carbonyl (C=O) groups is 2. The Hall–Kier alpha value is -3.72. The lowest BCUT2D eigenvalue weighted by molar-refractivity contribution is -0.384. The van der Waals surface area contributed by atoms with E-state index in [1.165, 1.54) is 25.1 Å². The quantitative estimate of drug-likeness (QED) is 0.382. The Labute approximate surface area is 168 Å². The molecular formula is C19H13ClN2O7. The molecule has 0 aliphatic rings. The normalized spacial score (nSPS) is 11.7. The van der Waals surface area contributed by atoms with Gasteiger partial charge in [-0.25, -0.2) is 4.79 Å². The first-order valence-corrected chi connectivity index (χ1v) is 8.62. The van der Waals surface area contributed by atoms with E-state index < -0.39 is 28.3 Å². The number of ether oxygens (including phenoxy) is 1. The molecule has 0 fully saturated rings. The van der Waals surface area contributed by atoms with Crippen molar-refractivity contribution in [1.82, 2.24) is 0 Å². The van der Waals surface area contributed by atoms with Gasteiger partial charge >= 0.3 is 5.97 Å². The number of non-ortho nitro benzene ring substituents is 1. The van der Waals surface area contributed by atoms with Crippen molar-refractivity contribution >= 4 is 45.8 Å². The summed E-state index contributed by atoms with van der Waals surface area (Å²) in [6, 6.07) is 10.9. The van der Waals surface area contributed by atoms with Crippen LogP contribution in [-0.4, -0.2) is 22.9 Å². The molecule has 3 aromatic rings. The van der Waals surface area contributed by atoms with Gasteiger partial charge in [-0.05, 0) is 25.1 Å². The number of nitrogens with zero attached hydrogens (tertiary/aromatic N) is 1. The summed E-state index contributed by atoms with van der Waals surface area (Å²) in [6.07, 6.45) is -1.26. The fourth-order valence-corrected chi connectivity index (χ4v) is 2.65. The number of nitro groups is 1. The predicted molar refractivity (Wildman–Crippen MR) is 104 cm³/mol. The van der Waals surface area contributed by atoms with Crippen LogP contribution in [-0.2, 0) is 9.53 Å². The van der Waals surface area contributed by atoms with E-state index >= 15 is 0 Å². The highest BCUT2D eigenvalue weighted by Gasteiger charge is 2.22. The van der Waals surface area contributed by atoms with Crippen LogP contribution in [0.2, 0.25) is 5.02 Å². The van der Waals surface area contributed by atoms with Gasteiger partial charge in [0, 0.05) is 18.2 Å². The van der Waals surface area contributed by atoms with Crippen LogP contribution in [0, 0.1) is 10.1 Å². The van der Waals surface area contributed by atoms with Gasteiger partial charge in [0.15, 0.2) is 11.5 Å². The molecule has 1 atom stereocenters. The van der Waals surface area contributed by atoms with Crippen molar-refractivity contribution in [2.75, 3.05) is 5.32 Å².